The third kappa shape index (κ3) is 7.32. The Morgan fingerprint density at radius 1 is 1.00 bits per heavy atom. The quantitative estimate of drug-likeness (QED) is 0.280. The summed E-state index contributed by atoms with van der Waals surface area (Å²) >= 11 is 0. The fraction of sp³-hybridized carbons (Fsp3) is 0.419. The zero-order chi connectivity index (χ0) is 30.5. The molecule has 3 aromatic rings. The Kier molecular flexibility index (Phi) is 9.32. The molecule has 1 saturated carbocycles. The maximum Gasteiger partial charge on any atom is 0.450 e. The molecule has 224 valence electrons. The summed E-state index contributed by atoms with van der Waals surface area (Å²) in [6.45, 7) is 8.38. The van der Waals surface area contributed by atoms with Crippen LogP contribution in [0.15, 0.2) is 71.9 Å². The lowest BCUT2D eigenvalue weighted by molar-refractivity contribution is -0.142. The zero-order valence-corrected chi connectivity index (χ0v) is 25.6. The summed E-state index contributed by atoms with van der Waals surface area (Å²) in [5, 5.41) is 0.666. The molecular weight excluding hydrogens is 556 g/mol. The molecule has 0 unspecified atom stereocenters. The number of amides is 1. The first kappa shape index (κ1) is 31.1. The minimum absolute atomic E-state index is 0.0228. The van der Waals surface area contributed by atoms with E-state index in [0.717, 1.165) is 18.9 Å². The molecule has 11 heteroatoms. The summed E-state index contributed by atoms with van der Waals surface area (Å²) in [5.41, 5.74) is 1.79. The monoisotopic (exact) mass is 594 g/mol. The standard InChI is InChI=1S/C31H38N4O6S/c1-6-31(17-9-18-31)25-15-13-24(14-16-25)21-34(42(38,39)27-11-8-19-32-20-27)22-26-10-7-12-28(33-26)35(41-23(2)36)29(37)40-30(3,4)5/h7-8,10-16,19-20H,6,9,17-18,21-22H2,1-5H3. The molecule has 1 aliphatic carbocycles. The van der Waals surface area contributed by atoms with Crippen LogP contribution in [-0.2, 0) is 42.9 Å². The number of rotatable bonds is 9. The molecule has 0 aliphatic heterocycles. The molecule has 1 aromatic carbocycles. The Labute approximate surface area is 247 Å². The van der Waals surface area contributed by atoms with Gasteiger partial charge in [0.2, 0.25) is 10.0 Å². The third-order valence-electron chi connectivity index (χ3n) is 7.30. The normalized spacial score (nSPS) is 14.6. The van der Waals surface area contributed by atoms with Gasteiger partial charge in [0.25, 0.3) is 0 Å². The minimum Gasteiger partial charge on any atom is -0.441 e. The number of carbonyl (C=O) groups is 2. The van der Waals surface area contributed by atoms with Crippen molar-refractivity contribution in [3.05, 3.63) is 83.8 Å². The highest BCUT2D eigenvalue weighted by molar-refractivity contribution is 7.89. The minimum atomic E-state index is -3.99. The first-order chi connectivity index (χ1) is 19.8. The molecule has 0 spiro atoms. The maximum absolute atomic E-state index is 13.8. The zero-order valence-electron chi connectivity index (χ0n) is 24.7. The second-order valence-corrected chi connectivity index (χ2v) is 13.4. The van der Waals surface area contributed by atoms with Gasteiger partial charge in [-0.3, -0.25) is 4.98 Å². The Hall–Kier alpha value is -3.83. The molecule has 10 nitrogen and oxygen atoms in total. The highest BCUT2D eigenvalue weighted by Crippen LogP contribution is 2.46. The van der Waals surface area contributed by atoms with Gasteiger partial charge in [0, 0.05) is 25.9 Å². The van der Waals surface area contributed by atoms with Crippen LogP contribution in [-0.4, -0.2) is 40.4 Å². The van der Waals surface area contributed by atoms with Crippen LogP contribution in [0.2, 0.25) is 0 Å². The molecule has 0 N–H and O–H groups in total. The van der Waals surface area contributed by atoms with E-state index in [0.29, 0.717) is 10.8 Å². The van der Waals surface area contributed by atoms with Crippen molar-refractivity contribution in [1.82, 2.24) is 14.3 Å². The smallest absolute Gasteiger partial charge is 0.441 e. The number of hydrogen-bond acceptors (Lipinski definition) is 8. The lowest BCUT2D eigenvalue weighted by Crippen LogP contribution is -2.38. The van der Waals surface area contributed by atoms with Crippen molar-refractivity contribution in [2.24, 2.45) is 0 Å². The molecule has 2 aromatic heterocycles. The molecular formula is C31H38N4O6S. The van der Waals surface area contributed by atoms with Crippen LogP contribution in [0.5, 0.6) is 0 Å². The van der Waals surface area contributed by atoms with Crippen molar-refractivity contribution in [2.75, 3.05) is 5.06 Å². The highest BCUT2D eigenvalue weighted by atomic mass is 32.2. The molecule has 1 fully saturated rings. The second kappa shape index (κ2) is 12.6. The van der Waals surface area contributed by atoms with E-state index in [-0.39, 0.29) is 29.2 Å². The van der Waals surface area contributed by atoms with Crippen LogP contribution in [0.4, 0.5) is 10.6 Å². The second-order valence-electron chi connectivity index (χ2n) is 11.5. The largest absolute Gasteiger partial charge is 0.450 e. The van der Waals surface area contributed by atoms with Crippen LogP contribution in [0, 0.1) is 0 Å². The Balaban J connectivity index is 1.65. The molecule has 0 bridgehead atoms. The van der Waals surface area contributed by atoms with Gasteiger partial charge in [0.05, 0.1) is 12.2 Å². The molecule has 0 atom stereocenters. The summed E-state index contributed by atoms with van der Waals surface area (Å²) in [6, 6.07) is 15.9. The number of hydrogen-bond donors (Lipinski definition) is 0. The van der Waals surface area contributed by atoms with E-state index in [1.165, 1.54) is 53.7 Å². The molecule has 0 saturated heterocycles. The first-order valence-electron chi connectivity index (χ1n) is 14.0. The van der Waals surface area contributed by atoms with Gasteiger partial charge < -0.3 is 9.57 Å². The van der Waals surface area contributed by atoms with Gasteiger partial charge in [-0.1, -0.05) is 48.7 Å². The number of anilines is 1. The summed E-state index contributed by atoms with van der Waals surface area (Å²) < 4.78 is 34.3. The van der Waals surface area contributed by atoms with Gasteiger partial charge in [-0.2, -0.15) is 4.31 Å². The van der Waals surface area contributed by atoms with E-state index in [9.17, 15) is 18.0 Å². The number of pyridine rings is 2. The van der Waals surface area contributed by atoms with E-state index in [1.54, 1.807) is 39.0 Å². The average molecular weight is 595 g/mol. The van der Waals surface area contributed by atoms with Gasteiger partial charge >= 0.3 is 12.1 Å². The SMILES string of the molecule is CCC1(c2ccc(CN(Cc3cccc(N(OC(C)=O)C(=O)OC(C)(C)C)n3)S(=O)(=O)c3cccnc3)cc2)CCC1. The molecule has 2 heterocycles. The average Bonchev–Trinajstić information content (AvgIpc) is 2.91. The predicted molar refractivity (Wildman–Crippen MR) is 158 cm³/mol. The number of ether oxygens (including phenoxy) is 1. The fourth-order valence-electron chi connectivity index (χ4n) is 4.95. The molecule has 0 radical (unpaired) electrons. The van der Waals surface area contributed by atoms with E-state index < -0.39 is 27.7 Å². The summed E-state index contributed by atoms with van der Waals surface area (Å²) in [5.74, 6) is -0.769. The highest BCUT2D eigenvalue weighted by Gasteiger charge is 2.36. The van der Waals surface area contributed by atoms with E-state index in [4.69, 9.17) is 9.57 Å². The van der Waals surface area contributed by atoms with Crippen molar-refractivity contribution >= 4 is 27.9 Å². The third-order valence-corrected chi connectivity index (χ3v) is 9.08. The van der Waals surface area contributed by atoms with Crippen LogP contribution < -0.4 is 5.06 Å². The molecule has 4 rings (SSSR count). The van der Waals surface area contributed by atoms with Crippen molar-refractivity contribution in [3.63, 3.8) is 0 Å². The Morgan fingerprint density at radius 2 is 1.71 bits per heavy atom. The number of nitrogens with zero attached hydrogens (tertiary/aromatic N) is 4. The van der Waals surface area contributed by atoms with Gasteiger partial charge in [-0.05, 0) is 80.8 Å². The fourth-order valence-corrected chi connectivity index (χ4v) is 6.31. The van der Waals surface area contributed by atoms with Gasteiger partial charge in [0.1, 0.15) is 10.5 Å². The Morgan fingerprint density at radius 3 is 2.26 bits per heavy atom. The van der Waals surface area contributed by atoms with E-state index >= 15 is 0 Å². The van der Waals surface area contributed by atoms with Crippen LogP contribution in [0.25, 0.3) is 0 Å². The van der Waals surface area contributed by atoms with E-state index in [1.807, 2.05) is 12.1 Å². The van der Waals surface area contributed by atoms with Crippen molar-refractivity contribution < 1.29 is 27.6 Å². The van der Waals surface area contributed by atoms with Crippen molar-refractivity contribution in [2.45, 2.75) is 89.3 Å². The van der Waals surface area contributed by atoms with Gasteiger partial charge in [-0.25, -0.2) is 23.0 Å². The van der Waals surface area contributed by atoms with Gasteiger partial charge in [-0.15, -0.1) is 0 Å². The molecule has 42 heavy (non-hydrogen) atoms. The number of sulfonamides is 1. The maximum atomic E-state index is 13.8. The van der Waals surface area contributed by atoms with Gasteiger partial charge in [0.15, 0.2) is 5.82 Å². The number of aromatic nitrogens is 2. The number of benzene rings is 1. The van der Waals surface area contributed by atoms with Crippen LogP contribution >= 0.6 is 0 Å². The van der Waals surface area contributed by atoms with Crippen molar-refractivity contribution in [3.8, 4) is 0 Å². The summed E-state index contributed by atoms with van der Waals surface area (Å²) in [7, 11) is -3.99. The Bertz CT molecular complexity index is 1490. The molecule has 1 aliphatic rings. The number of carbonyl (C=O) groups excluding carboxylic acids is 2. The van der Waals surface area contributed by atoms with Crippen LogP contribution in [0.1, 0.15) is 77.1 Å². The van der Waals surface area contributed by atoms with Crippen molar-refractivity contribution in [1.29, 1.82) is 0 Å². The molecule has 1 amide bonds. The van der Waals surface area contributed by atoms with Crippen LogP contribution in [0.3, 0.4) is 0 Å². The first-order valence-corrected chi connectivity index (χ1v) is 15.4. The lowest BCUT2D eigenvalue weighted by atomic mass is 9.63. The number of hydroxylamine groups is 1. The summed E-state index contributed by atoms with van der Waals surface area (Å²) in [4.78, 5) is 38.2. The predicted octanol–water partition coefficient (Wildman–Crippen LogP) is 5.92. The topological polar surface area (TPSA) is 119 Å². The lowest BCUT2D eigenvalue weighted by Gasteiger charge is -2.42. The summed E-state index contributed by atoms with van der Waals surface area (Å²) in [6.07, 6.45) is 6.52. The van der Waals surface area contributed by atoms with E-state index in [2.05, 4.69) is 29.0 Å².